The molecule has 0 spiro atoms. The first-order valence-corrected chi connectivity index (χ1v) is 10.8. The van der Waals surface area contributed by atoms with Crippen LogP contribution in [0.5, 0.6) is 0 Å². The predicted molar refractivity (Wildman–Crippen MR) is 127 cm³/mol. The highest BCUT2D eigenvalue weighted by molar-refractivity contribution is 5.82. The van der Waals surface area contributed by atoms with Gasteiger partial charge in [0.1, 0.15) is 0 Å². The van der Waals surface area contributed by atoms with Gasteiger partial charge in [-0.1, -0.05) is 59.3 Å². The predicted octanol–water partition coefficient (Wildman–Crippen LogP) is 4.35. The second-order valence-electron chi connectivity index (χ2n) is 8.03. The standard InChI is InChI=1S/C26H22N4O3/c1-17-7-5-11-19(15-17)23-28-24(33-29-23)20-12-13-21-22(16-20)27-26(32)30(25(21)31)14-6-10-18-8-3-2-4-9-18/h2-5,7-9,11-13,15-16H,6,10,14H2,1H3,(H,27,32). The maximum atomic E-state index is 13.0. The maximum absolute atomic E-state index is 13.0. The summed E-state index contributed by atoms with van der Waals surface area (Å²) in [5, 5.41) is 4.51. The first-order chi connectivity index (χ1) is 16.1. The second kappa shape index (κ2) is 8.70. The van der Waals surface area contributed by atoms with E-state index in [1.165, 1.54) is 10.1 Å². The molecule has 5 aromatic rings. The lowest BCUT2D eigenvalue weighted by molar-refractivity contribution is 0.432. The summed E-state index contributed by atoms with van der Waals surface area (Å²) in [5.41, 5.74) is 3.47. The number of nitrogens with one attached hydrogen (secondary N) is 1. The van der Waals surface area contributed by atoms with Gasteiger partial charge in [0.2, 0.25) is 5.82 Å². The average molecular weight is 438 g/mol. The molecule has 0 amide bonds. The quantitative estimate of drug-likeness (QED) is 0.425. The number of aryl methyl sites for hydroxylation is 2. The fourth-order valence-corrected chi connectivity index (χ4v) is 3.92. The normalized spacial score (nSPS) is 11.2. The number of hydrogen-bond acceptors (Lipinski definition) is 5. The SMILES string of the molecule is Cc1cccc(-c2noc(-c3ccc4c(=O)n(CCCc5ccccc5)c(=O)[nH]c4c3)n2)c1. The van der Waals surface area contributed by atoms with Crippen LogP contribution in [0.3, 0.4) is 0 Å². The van der Waals surface area contributed by atoms with Crippen molar-refractivity contribution in [2.24, 2.45) is 0 Å². The summed E-state index contributed by atoms with van der Waals surface area (Å²) >= 11 is 0. The van der Waals surface area contributed by atoms with Crippen LogP contribution in [0.15, 0.2) is 86.9 Å². The van der Waals surface area contributed by atoms with Crippen LogP contribution in [0.4, 0.5) is 0 Å². The van der Waals surface area contributed by atoms with E-state index in [0.717, 1.165) is 17.5 Å². The number of H-pyrrole nitrogens is 1. The van der Waals surface area contributed by atoms with Crippen LogP contribution in [-0.4, -0.2) is 19.7 Å². The second-order valence-corrected chi connectivity index (χ2v) is 8.03. The molecule has 7 nitrogen and oxygen atoms in total. The van der Waals surface area contributed by atoms with E-state index in [1.54, 1.807) is 18.2 Å². The van der Waals surface area contributed by atoms with Crippen molar-refractivity contribution < 1.29 is 4.52 Å². The van der Waals surface area contributed by atoms with Crippen LogP contribution in [0.25, 0.3) is 33.7 Å². The van der Waals surface area contributed by atoms with Crippen LogP contribution in [0, 0.1) is 6.92 Å². The summed E-state index contributed by atoms with van der Waals surface area (Å²) in [5.74, 6) is 0.803. The monoisotopic (exact) mass is 438 g/mol. The third-order valence-corrected chi connectivity index (χ3v) is 5.62. The van der Waals surface area contributed by atoms with Gasteiger partial charge in [0.15, 0.2) is 0 Å². The number of aromatic amines is 1. The highest BCUT2D eigenvalue weighted by Gasteiger charge is 2.14. The van der Waals surface area contributed by atoms with Crippen LogP contribution in [0.2, 0.25) is 0 Å². The minimum absolute atomic E-state index is 0.306. The van der Waals surface area contributed by atoms with Crippen molar-refractivity contribution in [2.45, 2.75) is 26.3 Å². The Labute approximate surface area is 189 Å². The molecule has 3 aromatic carbocycles. The van der Waals surface area contributed by atoms with Gasteiger partial charge in [0, 0.05) is 17.7 Å². The van der Waals surface area contributed by atoms with E-state index in [-0.39, 0.29) is 5.56 Å². The fraction of sp³-hybridized carbons (Fsp3) is 0.154. The molecular weight excluding hydrogens is 416 g/mol. The summed E-state index contributed by atoms with van der Waals surface area (Å²) in [6.07, 6.45) is 1.49. The van der Waals surface area contributed by atoms with Crippen LogP contribution in [0.1, 0.15) is 17.5 Å². The van der Waals surface area contributed by atoms with E-state index in [9.17, 15) is 9.59 Å². The molecule has 0 aliphatic carbocycles. The van der Waals surface area contributed by atoms with Crippen molar-refractivity contribution in [3.8, 4) is 22.8 Å². The van der Waals surface area contributed by atoms with Crippen molar-refractivity contribution in [1.82, 2.24) is 19.7 Å². The summed E-state index contributed by atoms with van der Waals surface area (Å²) in [6, 6.07) is 23.0. The average Bonchev–Trinajstić information content (AvgIpc) is 3.32. The molecule has 0 bridgehead atoms. The molecule has 33 heavy (non-hydrogen) atoms. The van der Waals surface area contributed by atoms with E-state index in [0.29, 0.717) is 41.1 Å². The highest BCUT2D eigenvalue weighted by atomic mass is 16.5. The summed E-state index contributed by atoms with van der Waals surface area (Å²) in [7, 11) is 0. The number of aromatic nitrogens is 4. The third-order valence-electron chi connectivity index (χ3n) is 5.62. The maximum Gasteiger partial charge on any atom is 0.328 e. The molecule has 0 aliphatic heterocycles. The lowest BCUT2D eigenvalue weighted by Gasteiger charge is -2.07. The zero-order valence-electron chi connectivity index (χ0n) is 18.1. The lowest BCUT2D eigenvalue weighted by atomic mass is 10.1. The molecular formula is C26H22N4O3. The van der Waals surface area contributed by atoms with Crippen molar-refractivity contribution in [2.75, 3.05) is 0 Å². The van der Waals surface area contributed by atoms with Crippen LogP contribution in [-0.2, 0) is 13.0 Å². The Hall–Kier alpha value is -4.26. The zero-order valence-corrected chi connectivity index (χ0v) is 18.1. The molecule has 5 rings (SSSR count). The minimum Gasteiger partial charge on any atom is -0.334 e. The summed E-state index contributed by atoms with van der Waals surface area (Å²) < 4.78 is 6.69. The molecule has 1 N–H and O–H groups in total. The minimum atomic E-state index is -0.427. The van der Waals surface area contributed by atoms with Crippen LogP contribution >= 0.6 is 0 Å². The number of nitrogens with zero attached hydrogens (tertiary/aromatic N) is 3. The molecule has 7 heteroatoms. The van der Waals surface area contributed by atoms with Crippen molar-refractivity contribution in [3.05, 3.63) is 105 Å². The lowest BCUT2D eigenvalue weighted by Crippen LogP contribution is -2.35. The van der Waals surface area contributed by atoms with Crippen molar-refractivity contribution >= 4 is 10.9 Å². The van der Waals surface area contributed by atoms with E-state index in [1.807, 2.05) is 61.5 Å². The highest BCUT2D eigenvalue weighted by Crippen LogP contribution is 2.24. The van der Waals surface area contributed by atoms with Gasteiger partial charge in [0.25, 0.3) is 11.4 Å². The molecule has 2 heterocycles. The zero-order chi connectivity index (χ0) is 22.8. The molecule has 0 aliphatic rings. The number of rotatable bonds is 6. The smallest absolute Gasteiger partial charge is 0.328 e. The van der Waals surface area contributed by atoms with Gasteiger partial charge in [-0.2, -0.15) is 4.98 Å². The molecule has 2 aromatic heterocycles. The van der Waals surface area contributed by atoms with Gasteiger partial charge in [-0.25, -0.2) is 4.79 Å². The Morgan fingerprint density at radius 2 is 1.79 bits per heavy atom. The molecule has 164 valence electrons. The largest absolute Gasteiger partial charge is 0.334 e. The van der Waals surface area contributed by atoms with Crippen LogP contribution < -0.4 is 11.2 Å². The number of fused-ring (bicyclic) bond motifs is 1. The van der Waals surface area contributed by atoms with Gasteiger partial charge in [0.05, 0.1) is 10.9 Å². The molecule has 0 saturated heterocycles. The Kier molecular flexibility index (Phi) is 5.44. The van der Waals surface area contributed by atoms with E-state index >= 15 is 0 Å². The summed E-state index contributed by atoms with van der Waals surface area (Å²) in [6.45, 7) is 2.35. The Bertz CT molecular complexity index is 1550. The van der Waals surface area contributed by atoms with Crippen molar-refractivity contribution in [3.63, 3.8) is 0 Å². The van der Waals surface area contributed by atoms with Crippen molar-refractivity contribution in [1.29, 1.82) is 0 Å². The summed E-state index contributed by atoms with van der Waals surface area (Å²) in [4.78, 5) is 32.9. The van der Waals surface area contributed by atoms with E-state index < -0.39 is 5.69 Å². The van der Waals surface area contributed by atoms with E-state index in [4.69, 9.17) is 4.52 Å². The number of hydrogen-bond donors (Lipinski definition) is 1. The molecule has 0 saturated carbocycles. The third kappa shape index (κ3) is 4.25. The first-order valence-electron chi connectivity index (χ1n) is 10.8. The Morgan fingerprint density at radius 1 is 0.939 bits per heavy atom. The Morgan fingerprint density at radius 3 is 2.61 bits per heavy atom. The van der Waals surface area contributed by atoms with Gasteiger partial charge in [-0.15, -0.1) is 0 Å². The molecule has 0 unspecified atom stereocenters. The molecule has 0 radical (unpaired) electrons. The Balaban J connectivity index is 1.42. The van der Waals surface area contributed by atoms with E-state index in [2.05, 4.69) is 15.1 Å². The molecule has 0 fully saturated rings. The fourth-order valence-electron chi connectivity index (χ4n) is 3.92. The first kappa shape index (κ1) is 20.6. The molecule has 0 atom stereocenters. The topological polar surface area (TPSA) is 93.8 Å². The number of benzene rings is 3. The van der Waals surface area contributed by atoms with Gasteiger partial charge in [-0.3, -0.25) is 9.36 Å². The van der Waals surface area contributed by atoms with Gasteiger partial charge < -0.3 is 9.51 Å². The van der Waals surface area contributed by atoms with Gasteiger partial charge >= 0.3 is 5.69 Å². The van der Waals surface area contributed by atoms with Gasteiger partial charge in [-0.05, 0) is 49.6 Å².